The van der Waals surface area contributed by atoms with Crippen LogP contribution in [0.2, 0.25) is 0 Å². The molecule has 102 valence electrons. The minimum atomic E-state index is 0.211. The monoisotopic (exact) mass is 276 g/mol. The van der Waals surface area contributed by atoms with Gasteiger partial charge in [-0.15, -0.1) is 0 Å². The van der Waals surface area contributed by atoms with Gasteiger partial charge in [0, 0.05) is 43.4 Å². The molecule has 3 rings (SSSR count). The van der Waals surface area contributed by atoms with Crippen LogP contribution in [0.1, 0.15) is 23.2 Å². The molecule has 0 N–H and O–H groups in total. The number of carbonyl (C=O) groups is 1. The van der Waals surface area contributed by atoms with Gasteiger partial charge in [-0.2, -0.15) is 11.8 Å². The Bertz CT molecular complexity index is 451. The van der Waals surface area contributed by atoms with Crippen molar-refractivity contribution in [2.75, 3.05) is 42.6 Å². The van der Waals surface area contributed by atoms with Crippen LogP contribution in [0.3, 0.4) is 0 Å². The van der Waals surface area contributed by atoms with Gasteiger partial charge in [0.1, 0.15) is 0 Å². The van der Waals surface area contributed by atoms with Crippen molar-refractivity contribution in [3.63, 3.8) is 0 Å². The van der Waals surface area contributed by atoms with E-state index in [2.05, 4.69) is 11.0 Å². The molecule has 4 heteroatoms. The second-order valence-electron chi connectivity index (χ2n) is 5.12. The Labute approximate surface area is 119 Å². The Morgan fingerprint density at radius 1 is 1.00 bits per heavy atom. The standard InChI is InChI=1S/C15H20N2OS/c18-15(17-9-11-19-12-10-17)13-5-1-2-6-14(13)16-7-3-4-8-16/h1-2,5-6H,3-4,7-12H2. The van der Waals surface area contributed by atoms with E-state index in [1.54, 1.807) is 0 Å². The number of anilines is 1. The summed E-state index contributed by atoms with van der Waals surface area (Å²) in [5.74, 6) is 2.35. The molecular formula is C15H20N2OS. The smallest absolute Gasteiger partial charge is 0.256 e. The molecular weight excluding hydrogens is 256 g/mol. The summed E-state index contributed by atoms with van der Waals surface area (Å²) >= 11 is 1.94. The quantitative estimate of drug-likeness (QED) is 0.829. The van der Waals surface area contributed by atoms with Gasteiger partial charge in [-0.05, 0) is 25.0 Å². The zero-order chi connectivity index (χ0) is 13.1. The van der Waals surface area contributed by atoms with E-state index in [0.29, 0.717) is 0 Å². The van der Waals surface area contributed by atoms with E-state index in [0.717, 1.165) is 48.9 Å². The zero-order valence-electron chi connectivity index (χ0n) is 11.2. The molecule has 2 aliphatic heterocycles. The van der Waals surface area contributed by atoms with E-state index in [9.17, 15) is 4.79 Å². The number of hydrogen-bond acceptors (Lipinski definition) is 3. The molecule has 0 aromatic heterocycles. The molecule has 2 heterocycles. The maximum Gasteiger partial charge on any atom is 0.256 e. The lowest BCUT2D eigenvalue weighted by molar-refractivity contribution is 0.0773. The maximum absolute atomic E-state index is 12.7. The topological polar surface area (TPSA) is 23.6 Å². The summed E-state index contributed by atoms with van der Waals surface area (Å²) in [4.78, 5) is 17.0. The van der Waals surface area contributed by atoms with E-state index >= 15 is 0 Å². The summed E-state index contributed by atoms with van der Waals surface area (Å²) < 4.78 is 0. The van der Waals surface area contributed by atoms with Crippen LogP contribution in [0, 0.1) is 0 Å². The molecule has 0 bridgehead atoms. The first-order chi connectivity index (χ1) is 9.36. The lowest BCUT2D eigenvalue weighted by Gasteiger charge is -2.29. The average Bonchev–Trinajstić information content (AvgIpc) is 3.01. The SMILES string of the molecule is O=C(c1ccccc1N1CCCC1)N1CCSCC1. The lowest BCUT2D eigenvalue weighted by Crippen LogP contribution is -2.38. The van der Waals surface area contributed by atoms with Gasteiger partial charge in [-0.25, -0.2) is 0 Å². The first-order valence-electron chi connectivity index (χ1n) is 7.07. The Morgan fingerprint density at radius 3 is 2.42 bits per heavy atom. The van der Waals surface area contributed by atoms with Crippen LogP contribution in [0.25, 0.3) is 0 Å². The van der Waals surface area contributed by atoms with Crippen LogP contribution < -0.4 is 4.90 Å². The number of benzene rings is 1. The van der Waals surface area contributed by atoms with Gasteiger partial charge in [-0.3, -0.25) is 4.79 Å². The Hall–Kier alpha value is -1.16. The third-order valence-electron chi connectivity index (χ3n) is 3.88. The summed E-state index contributed by atoms with van der Waals surface area (Å²) in [6, 6.07) is 8.09. The highest BCUT2D eigenvalue weighted by molar-refractivity contribution is 7.99. The molecule has 2 aliphatic rings. The number of para-hydroxylation sites is 1. The molecule has 0 unspecified atom stereocenters. The summed E-state index contributed by atoms with van der Waals surface area (Å²) in [6.45, 7) is 3.94. The molecule has 3 nitrogen and oxygen atoms in total. The van der Waals surface area contributed by atoms with Crippen molar-refractivity contribution in [2.24, 2.45) is 0 Å². The fourth-order valence-corrected chi connectivity index (χ4v) is 3.73. The minimum Gasteiger partial charge on any atom is -0.371 e. The van der Waals surface area contributed by atoms with Crippen molar-refractivity contribution in [3.05, 3.63) is 29.8 Å². The van der Waals surface area contributed by atoms with Gasteiger partial charge >= 0.3 is 0 Å². The Kier molecular flexibility index (Phi) is 3.97. The molecule has 1 aromatic carbocycles. The first kappa shape index (κ1) is 12.9. The normalized spacial score (nSPS) is 19.8. The fourth-order valence-electron chi connectivity index (χ4n) is 2.83. The van der Waals surface area contributed by atoms with Crippen LogP contribution in [0.4, 0.5) is 5.69 Å². The van der Waals surface area contributed by atoms with E-state index in [1.165, 1.54) is 12.8 Å². The van der Waals surface area contributed by atoms with E-state index in [-0.39, 0.29) is 5.91 Å². The number of amides is 1. The molecule has 2 saturated heterocycles. The van der Waals surface area contributed by atoms with Crippen LogP contribution in [0.5, 0.6) is 0 Å². The Morgan fingerprint density at radius 2 is 1.68 bits per heavy atom. The van der Waals surface area contributed by atoms with Crippen molar-refractivity contribution in [1.82, 2.24) is 4.90 Å². The van der Waals surface area contributed by atoms with E-state index in [4.69, 9.17) is 0 Å². The molecule has 0 spiro atoms. The molecule has 0 saturated carbocycles. The van der Waals surface area contributed by atoms with Crippen LogP contribution in [0.15, 0.2) is 24.3 Å². The predicted molar refractivity (Wildman–Crippen MR) is 81.1 cm³/mol. The fraction of sp³-hybridized carbons (Fsp3) is 0.533. The summed E-state index contributed by atoms with van der Waals surface area (Å²) in [5, 5.41) is 0. The molecule has 1 amide bonds. The van der Waals surface area contributed by atoms with Gasteiger partial charge in [-0.1, -0.05) is 12.1 Å². The summed E-state index contributed by atoms with van der Waals surface area (Å²) in [7, 11) is 0. The first-order valence-corrected chi connectivity index (χ1v) is 8.23. The van der Waals surface area contributed by atoms with Crippen molar-refractivity contribution in [2.45, 2.75) is 12.8 Å². The number of nitrogens with zero attached hydrogens (tertiary/aromatic N) is 2. The van der Waals surface area contributed by atoms with Gasteiger partial charge in [0.05, 0.1) is 5.56 Å². The summed E-state index contributed by atoms with van der Waals surface area (Å²) in [6.07, 6.45) is 2.48. The van der Waals surface area contributed by atoms with Crippen LogP contribution in [-0.2, 0) is 0 Å². The van der Waals surface area contributed by atoms with Crippen molar-refractivity contribution in [1.29, 1.82) is 0 Å². The highest BCUT2D eigenvalue weighted by atomic mass is 32.2. The third kappa shape index (κ3) is 2.73. The van der Waals surface area contributed by atoms with Gasteiger partial charge in [0.15, 0.2) is 0 Å². The van der Waals surface area contributed by atoms with Crippen molar-refractivity contribution >= 4 is 23.4 Å². The van der Waals surface area contributed by atoms with Gasteiger partial charge in [0.2, 0.25) is 0 Å². The minimum absolute atomic E-state index is 0.211. The van der Waals surface area contributed by atoms with Gasteiger partial charge < -0.3 is 9.80 Å². The molecule has 19 heavy (non-hydrogen) atoms. The number of carbonyl (C=O) groups excluding carboxylic acids is 1. The number of thioether (sulfide) groups is 1. The summed E-state index contributed by atoms with van der Waals surface area (Å²) in [5.41, 5.74) is 2.01. The average molecular weight is 276 g/mol. The third-order valence-corrected chi connectivity index (χ3v) is 4.82. The van der Waals surface area contributed by atoms with E-state index in [1.807, 2.05) is 34.9 Å². The maximum atomic E-state index is 12.7. The molecule has 0 radical (unpaired) electrons. The van der Waals surface area contributed by atoms with Crippen LogP contribution in [-0.4, -0.2) is 48.5 Å². The molecule has 0 atom stereocenters. The molecule has 2 fully saturated rings. The highest BCUT2D eigenvalue weighted by Gasteiger charge is 2.23. The zero-order valence-corrected chi connectivity index (χ0v) is 12.0. The Balaban J connectivity index is 1.84. The van der Waals surface area contributed by atoms with Crippen molar-refractivity contribution in [3.8, 4) is 0 Å². The predicted octanol–water partition coefficient (Wildman–Crippen LogP) is 2.48. The number of hydrogen-bond donors (Lipinski definition) is 0. The molecule has 0 aliphatic carbocycles. The van der Waals surface area contributed by atoms with Crippen molar-refractivity contribution < 1.29 is 4.79 Å². The second kappa shape index (κ2) is 5.87. The van der Waals surface area contributed by atoms with Crippen LogP contribution >= 0.6 is 11.8 Å². The second-order valence-corrected chi connectivity index (χ2v) is 6.34. The largest absolute Gasteiger partial charge is 0.371 e. The van der Waals surface area contributed by atoms with E-state index < -0.39 is 0 Å². The number of rotatable bonds is 2. The van der Waals surface area contributed by atoms with Gasteiger partial charge in [0.25, 0.3) is 5.91 Å². The lowest BCUT2D eigenvalue weighted by atomic mass is 10.1. The molecule has 1 aromatic rings. The highest BCUT2D eigenvalue weighted by Crippen LogP contribution is 2.26.